The molecule has 2 aliphatic rings. The highest BCUT2D eigenvalue weighted by Gasteiger charge is 2.44. The van der Waals surface area contributed by atoms with E-state index < -0.39 is 5.97 Å². The third kappa shape index (κ3) is 3.03. The van der Waals surface area contributed by atoms with E-state index in [1.54, 1.807) is 0 Å². The number of esters is 1. The first-order chi connectivity index (χ1) is 8.58. The van der Waals surface area contributed by atoms with Crippen LogP contribution in [-0.2, 0) is 14.3 Å². The summed E-state index contributed by atoms with van der Waals surface area (Å²) in [5.74, 6) is 0.991. The summed E-state index contributed by atoms with van der Waals surface area (Å²) >= 11 is 0. The van der Waals surface area contributed by atoms with E-state index in [0.29, 0.717) is 12.3 Å². The number of carboxylic acids is 1. The van der Waals surface area contributed by atoms with Crippen LogP contribution in [0.25, 0.3) is 0 Å². The maximum atomic E-state index is 11.6. The van der Waals surface area contributed by atoms with Crippen molar-refractivity contribution in [2.75, 3.05) is 0 Å². The molecule has 0 amide bonds. The fourth-order valence-electron chi connectivity index (χ4n) is 3.59. The fourth-order valence-corrected chi connectivity index (χ4v) is 3.59. The molecule has 4 heteroatoms. The molecule has 2 aliphatic carbocycles. The Labute approximate surface area is 108 Å². The molecule has 18 heavy (non-hydrogen) atoms. The van der Waals surface area contributed by atoms with Gasteiger partial charge >= 0.3 is 11.9 Å². The van der Waals surface area contributed by atoms with E-state index in [0.717, 1.165) is 18.3 Å². The standard InChI is InChI=1S/C14H22O4/c1-9-5-6-11-10(9)7-8-12(11)18-14(17)4-2-3-13(15)16/h9-12H,2-8H2,1H3,(H,15,16)/t9-,10+,11-,12-/m0/s1. The van der Waals surface area contributed by atoms with Gasteiger partial charge < -0.3 is 9.84 Å². The summed E-state index contributed by atoms with van der Waals surface area (Å²) in [6, 6.07) is 0. The van der Waals surface area contributed by atoms with Crippen LogP contribution in [0.4, 0.5) is 0 Å². The number of carboxylic acid groups (broad SMARTS) is 1. The van der Waals surface area contributed by atoms with E-state index in [1.165, 1.54) is 19.3 Å². The molecule has 4 nitrogen and oxygen atoms in total. The second-order valence-electron chi connectivity index (χ2n) is 5.74. The third-order valence-electron chi connectivity index (χ3n) is 4.55. The van der Waals surface area contributed by atoms with Crippen molar-refractivity contribution in [1.82, 2.24) is 0 Å². The molecule has 0 bridgehead atoms. The van der Waals surface area contributed by atoms with E-state index in [4.69, 9.17) is 9.84 Å². The summed E-state index contributed by atoms with van der Waals surface area (Å²) in [6.07, 6.45) is 5.35. The number of fused-ring (bicyclic) bond motifs is 1. The molecule has 2 rings (SSSR count). The lowest BCUT2D eigenvalue weighted by atomic mass is 9.93. The van der Waals surface area contributed by atoms with Crippen LogP contribution in [0.1, 0.15) is 51.9 Å². The van der Waals surface area contributed by atoms with E-state index in [9.17, 15) is 9.59 Å². The van der Waals surface area contributed by atoms with E-state index in [-0.39, 0.29) is 24.9 Å². The monoisotopic (exact) mass is 254 g/mol. The van der Waals surface area contributed by atoms with Gasteiger partial charge in [-0.05, 0) is 43.4 Å². The minimum atomic E-state index is -0.853. The van der Waals surface area contributed by atoms with Crippen molar-refractivity contribution in [3.63, 3.8) is 0 Å². The Hall–Kier alpha value is -1.06. The van der Waals surface area contributed by atoms with Crippen LogP contribution in [0.5, 0.6) is 0 Å². The second-order valence-corrected chi connectivity index (χ2v) is 5.74. The van der Waals surface area contributed by atoms with Crippen molar-refractivity contribution in [3.8, 4) is 0 Å². The quantitative estimate of drug-likeness (QED) is 0.766. The maximum absolute atomic E-state index is 11.6. The summed E-state index contributed by atoms with van der Waals surface area (Å²) in [6.45, 7) is 2.29. The molecule has 0 spiro atoms. The smallest absolute Gasteiger partial charge is 0.306 e. The lowest BCUT2D eigenvalue weighted by Crippen LogP contribution is -2.23. The minimum Gasteiger partial charge on any atom is -0.481 e. The first kappa shape index (κ1) is 13.4. The number of carbonyl (C=O) groups is 2. The van der Waals surface area contributed by atoms with Gasteiger partial charge in [0.25, 0.3) is 0 Å². The minimum absolute atomic E-state index is 0.0445. The average molecular weight is 254 g/mol. The lowest BCUT2D eigenvalue weighted by molar-refractivity contribution is -0.151. The van der Waals surface area contributed by atoms with Crippen molar-refractivity contribution >= 4 is 11.9 Å². The largest absolute Gasteiger partial charge is 0.481 e. The van der Waals surface area contributed by atoms with Gasteiger partial charge in [0.1, 0.15) is 6.10 Å². The van der Waals surface area contributed by atoms with Crippen molar-refractivity contribution in [2.45, 2.75) is 58.0 Å². The van der Waals surface area contributed by atoms with Crippen LogP contribution < -0.4 is 0 Å². The first-order valence-corrected chi connectivity index (χ1v) is 6.99. The molecular weight excluding hydrogens is 232 g/mol. The molecule has 0 radical (unpaired) electrons. The molecule has 0 aromatic rings. The van der Waals surface area contributed by atoms with Gasteiger partial charge in [0.05, 0.1) is 0 Å². The van der Waals surface area contributed by atoms with E-state index in [1.807, 2.05) is 0 Å². The number of ether oxygens (including phenoxy) is 1. The van der Waals surface area contributed by atoms with Gasteiger partial charge in [-0.1, -0.05) is 13.3 Å². The molecule has 4 atom stereocenters. The van der Waals surface area contributed by atoms with Crippen LogP contribution in [0.3, 0.4) is 0 Å². The Morgan fingerprint density at radius 1 is 1.11 bits per heavy atom. The van der Waals surface area contributed by atoms with Crippen molar-refractivity contribution in [1.29, 1.82) is 0 Å². The Bertz CT molecular complexity index is 326. The van der Waals surface area contributed by atoms with Crippen molar-refractivity contribution in [2.24, 2.45) is 17.8 Å². The molecule has 0 saturated heterocycles. The highest BCUT2D eigenvalue weighted by molar-refractivity contribution is 5.71. The molecule has 1 N–H and O–H groups in total. The topological polar surface area (TPSA) is 63.6 Å². The van der Waals surface area contributed by atoms with Gasteiger partial charge in [0, 0.05) is 12.8 Å². The molecule has 2 saturated carbocycles. The number of carbonyl (C=O) groups excluding carboxylic acids is 1. The second kappa shape index (κ2) is 5.72. The van der Waals surface area contributed by atoms with E-state index >= 15 is 0 Å². The van der Waals surface area contributed by atoms with Crippen molar-refractivity contribution in [3.05, 3.63) is 0 Å². The summed E-state index contributed by atoms with van der Waals surface area (Å²) in [4.78, 5) is 22.0. The molecule has 0 aliphatic heterocycles. The number of hydrogen-bond acceptors (Lipinski definition) is 3. The summed E-state index contributed by atoms with van der Waals surface area (Å²) in [7, 11) is 0. The zero-order chi connectivity index (χ0) is 13.1. The van der Waals surface area contributed by atoms with Crippen LogP contribution in [-0.4, -0.2) is 23.1 Å². The van der Waals surface area contributed by atoms with Gasteiger partial charge in [-0.15, -0.1) is 0 Å². The summed E-state index contributed by atoms with van der Waals surface area (Å²) < 4.78 is 5.52. The Balaban J connectivity index is 1.73. The molecule has 2 fully saturated rings. The summed E-state index contributed by atoms with van der Waals surface area (Å²) in [5.41, 5.74) is 0. The Morgan fingerprint density at radius 3 is 2.56 bits per heavy atom. The molecular formula is C14H22O4. The number of aliphatic carboxylic acids is 1. The van der Waals surface area contributed by atoms with Gasteiger partial charge in [-0.25, -0.2) is 0 Å². The predicted molar refractivity (Wildman–Crippen MR) is 66.0 cm³/mol. The fraction of sp³-hybridized carbons (Fsp3) is 0.857. The molecule has 0 aromatic carbocycles. The van der Waals surface area contributed by atoms with Crippen LogP contribution in [0.15, 0.2) is 0 Å². The highest BCUT2D eigenvalue weighted by Crippen LogP contribution is 2.48. The lowest BCUT2D eigenvalue weighted by Gasteiger charge is -2.19. The molecule has 0 unspecified atom stereocenters. The third-order valence-corrected chi connectivity index (χ3v) is 4.55. The molecule has 0 aromatic heterocycles. The maximum Gasteiger partial charge on any atom is 0.306 e. The van der Waals surface area contributed by atoms with Gasteiger partial charge in [0.2, 0.25) is 0 Å². The zero-order valence-corrected chi connectivity index (χ0v) is 10.9. The molecule has 0 heterocycles. The highest BCUT2D eigenvalue weighted by atomic mass is 16.5. The van der Waals surface area contributed by atoms with E-state index in [2.05, 4.69) is 6.92 Å². The SMILES string of the molecule is C[C@H]1CC[C@H]2[C@@H]1CC[C@@H]2OC(=O)CCCC(=O)O. The first-order valence-electron chi connectivity index (χ1n) is 6.99. The molecule has 102 valence electrons. The van der Waals surface area contributed by atoms with Crippen molar-refractivity contribution < 1.29 is 19.4 Å². The average Bonchev–Trinajstić information content (AvgIpc) is 2.83. The number of rotatable bonds is 5. The Kier molecular flexibility index (Phi) is 4.25. The predicted octanol–water partition coefficient (Wildman–Crippen LogP) is 2.61. The number of hydrogen-bond donors (Lipinski definition) is 1. The summed E-state index contributed by atoms with van der Waals surface area (Å²) in [5, 5.41) is 8.51. The normalized spacial score (nSPS) is 34.3. The van der Waals surface area contributed by atoms with Gasteiger partial charge in [-0.2, -0.15) is 0 Å². The van der Waals surface area contributed by atoms with Crippen LogP contribution in [0.2, 0.25) is 0 Å². The Morgan fingerprint density at radius 2 is 1.83 bits per heavy atom. The van der Waals surface area contributed by atoms with Crippen LogP contribution in [0, 0.1) is 17.8 Å². The zero-order valence-electron chi connectivity index (χ0n) is 10.9. The van der Waals surface area contributed by atoms with Crippen LogP contribution >= 0.6 is 0 Å². The van der Waals surface area contributed by atoms with Gasteiger partial charge in [0.15, 0.2) is 0 Å². The van der Waals surface area contributed by atoms with Gasteiger partial charge in [-0.3, -0.25) is 9.59 Å².